The third-order valence-electron chi connectivity index (χ3n) is 6.64. The summed E-state index contributed by atoms with van der Waals surface area (Å²) in [5.74, 6) is -0.917. The summed E-state index contributed by atoms with van der Waals surface area (Å²) in [6, 6.07) is 3.67. The van der Waals surface area contributed by atoms with Gasteiger partial charge in [0.25, 0.3) is 5.91 Å². The van der Waals surface area contributed by atoms with Gasteiger partial charge in [-0.15, -0.1) is 0 Å². The van der Waals surface area contributed by atoms with Crippen LogP contribution in [-0.2, 0) is 4.74 Å². The number of carbonyl (C=O) groups is 1. The molecule has 1 N–H and O–H groups in total. The third kappa shape index (κ3) is 4.01. The zero-order valence-electron chi connectivity index (χ0n) is 18.3. The summed E-state index contributed by atoms with van der Waals surface area (Å²) in [5, 5.41) is 2.52. The lowest BCUT2D eigenvalue weighted by Gasteiger charge is -2.46. The van der Waals surface area contributed by atoms with Crippen LogP contribution in [0.1, 0.15) is 42.4 Å². The van der Waals surface area contributed by atoms with Crippen LogP contribution in [0, 0.1) is 30.4 Å². The highest BCUT2D eigenvalue weighted by atomic mass is 19.1. The number of anilines is 2. The zero-order valence-corrected chi connectivity index (χ0v) is 18.3. The largest absolute Gasteiger partial charge is 0.484 e. The number of nitrogens with zero attached hydrogens (tertiary/aromatic N) is 3. The van der Waals surface area contributed by atoms with Crippen molar-refractivity contribution >= 4 is 17.5 Å². The number of methoxy groups -OCH3 is 1. The molecule has 2 unspecified atom stereocenters. The molecular weight excluding hydrogens is 418 g/mol. The minimum atomic E-state index is -0.833. The van der Waals surface area contributed by atoms with E-state index in [0.717, 1.165) is 25.0 Å². The van der Waals surface area contributed by atoms with Gasteiger partial charge in [-0.3, -0.25) is 4.79 Å². The molecule has 1 aliphatic heterocycles. The fourth-order valence-electron chi connectivity index (χ4n) is 4.70. The fourth-order valence-corrected chi connectivity index (χ4v) is 4.70. The lowest BCUT2D eigenvalue weighted by Crippen LogP contribution is -2.61. The molecule has 9 heteroatoms. The van der Waals surface area contributed by atoms with Gasteiger partial charge in [0.05, 0.1) is 19.2 Å². The molecule has 1 aromatic heterocycles. The molecule has 1 aromatic carbocycles. The van der Waals surface area contributed by atoms with Gasteiger partial charge in [0.2, 0.25) is 5.95 Å². The summed E-state index contributed by atoms with van der Waals surface area (Å²) in [5.41, 5.74) is 0.458. The average molecular weight is 444 g/mol. The van der Waals surface area contributed by atoms with Gasteiger partial charge >= 0.3 is 0 Å². The summed E-state index contributed by atoms with van der Waals surface area (Å²) in [6.07, 6.45) is 2.74. The highest BCUT2D eigenvalue weighted by Crippen LogP contribution is 2.52. The Bertz CT molecular complexity index is 1040. The van der Waals surface area contributed by atoms with Crippen LogP contribution in [-0.4, -0.2) is 47.8 Å². The maximum atomic E-state index is 14.6. The molecule has 2 saturated carbocycles. The molecule has 0 spiro atoms. The topological polar surface area (TPSA) is 76.6 Å². The van der Waals surface area contributed by atoms with Crippen LogP contribution in [0.3, 0.4) is 0 Å². The van der Waals surface area contributed by atoms with Crippen LogP contribution in [0.15, 0.2) is 18.2 Å². The number of amides is 1. The molecule has 5 rings (SSSR count). The Kier molecular flexibility index (Phi) is 5.03. The monoisotopic (exact) mass is 444 g/mol. The van der Waals surface area contributed by atoms with Crippen molar-refractivity contribution in [1.29, 1.82) is 0 Å². The van der Waals surface area contributed by atoms with Crippen molar-refractivity contribution in [3.63, 3.8) is 0 Å². The maximum absolute atomic E-state index is 14.6. The van der Waals surface area contributed by atoms with E-state index in [1.165, 1.54) is 12.5 Å². The first-order chi connectivity index (χ1) is 15.2. The number of hydrogen-bond acceptors (Lipinski definition) is 6. The Morgan fingerprint density at radius 3 is 2.41 bits per heavy atom. The molecule has 1 amide bonds. The second-order valence-corrected chi connectivity index (χ2v) is 9.39. The second kappa shape index (κ2) is 7.65. The molecule has 0 bridgehead atoms. The normalized spacial score (nSPS) is 25.2. The van der Waals surface area contributed by atoms with E-state index < -0.39 is 17.5 Å². The molecule has 3 aliphatic rings. The SMILES string of the molecule is COC1(C)CN(c2nc(C)cc(C(=O)Nc3cc(F)c(OC4CC5CC5C4)c(F)c3)n2)C1. The third-order valence-corrected chi connectivity index (χ3v) is 6.64. The van der Waals surface area contributed by atoms with E-state index in [4.69, 9.17) is 9.47 Å². The average Bonchev–Trinajstić information content (AvgIpc) is 3.33. The van der Waals surface area contributed by atoms with Gasteiger partial charge in [0, 0.05) is 30.6 Å². The van der Waals surface area contributed by atoms with Gasteiger partial charge in [0.15, 0.2) is 17.4 Å². The summed E-state index contributed by atoms with van der Waals surface area (Å²) >= 11 is 0. The van der Waals surface area contributed by atoms with Crippen molar-refractivity contribution in [3.05, 3.63) is 41.2 Å². The van der Waals surface area contributed by atoms with Gasteiger partial charge in [-0.2, -0.15) is 0 Å². The smallest absolute Gasteiger partial charge is 0.274 e. The van der Waals surface area contributed by atoms with Crippen LogP contribution in [0.25, 0.3) is 0 Å². The van der Waals surface area contributed by atoms with Crippen molar-refractivity contribution in [2.75, 3.05) is 30.4 Å². The first-order valence-corrected chi connectivity index (χ1v) is 10.9. The summed E-state index contributed by atoms with van der Waals surface area (Å²) in [6.45, 7) is 4.96. The van der Waals surface area contributed by atoms with Crippen LogP contribution in [0.5, 0.6) is 5.75 Å². The number of carbonyl (C=O) groups excluding carboxylic acids is 1. The number of aromatic nitrogens is 2. The molecule has 32 heavy (non-hydrogen) atoms. The molecule has 2 heterocycles. The van der Waals surface area contributed by atoms with E-state index >= 15 is 0 Å². The number of fused-ring (bicyclic) bond motifs is 1. The number of halogens is 2. The number of hydrogen-bond donors (Lipinski definition) is 1. The van der Waals surface area contributed by atoms with E-state index in [2.05, 4.69) is 15.3 Å². The maximum Gasteiger partial charge on any atom is 0.274 e. The van der Waals surface area contributed by atoms with Crippen LogP contribution >= 0.6 is 0 Å². The van der Waals surface area contributed by atoms with E-state index in [9.17, 15) is 13.6 Å². The quantitative estimate of drug-likeness (QED) is 0.732. The first kappa shape index (κ1) is 21.1. The molecule has 3 fully saturated rings. The lowest BCUT2D eigenvalue weighted by molar-refractivity contribution is -0.0175. The van der Waals surface area contributed by atoms with Gasteiger partial charge in [-0.05, 0) is 51.0 Å². The van der Waals surface area contributed by atoms with E-state index in [1.54, 1.807) is 14.0 Å². The molecule has 2 atom stereocenters. The van der Waals surface area contributed by atoms with Crippen molar-refractivity contribution < 1.29 is 23.0 Å². The van der Waals surface area contributed by atoms with Crippen LogP contribution < -0.4 is 15.0 Å². The lowest BCUT2D eigenvalue weighted by atomic mass is 9.97. The summed E-state index contributed by atoms with van der Waals surface area (Å²) in [7, 11) is 1.65. The summed E-state index contributed by atoms with van der Waals surface area (Å²) < 4.78 is 40.1. The number of rotatable bonds is 6. The molecule has 7 nitrogen and oxygen atoms in total. The van der Waals surface area contributed by atoms with Crippen molar-refractivity contribution in [3.8, 4) is 5.75 Å². The predicted molar refractivity (Wildman–Crippen MR) is 114 cm³/mol. The second-order valence-electron chi connectivity index (χ2n) is 9.39. The molecule has 170 valence electrons. The van der Waals surface area contributed by atoms with Gasteiger partial charge in [-0.25, -0.2) is 18.7 Å². The number of ether oxygens (including phenoxy) is 2. The van der Waals surface area contributed by atoms with Gasteiger partial charge in [0.1, 0.15) is 11.3 Å². The van der Waals surface area contributed by atoms with Gasteiger partial charge < -0.3 is 19.7 Å². The number of benzene rings is 1. The highest BCUT2D eigenvalue weighted by molar-refractivity contribution is 6.03. The Morgan fingerprint density at radius 2 is 1.78 bits per heavy atom. The van der Waals surface area contributed by atoms with Crippen LogP contribution in [0.2, 0.25) is 0 Å². The van der Waals surface area contributed by atoms with Crippen molar-refractivity contribution in [1.82, 2.24) is 9.97 Å². The standard InChI is InChI=1S/C23H26F2N4O3/c1-12-4-19(28-22(26-12)29-10-23(2,11-29)31-3)21(30)27-15-8-17(24)20(18(25)9-15)32-16-6-13-5-14(13)7-16/h4,8-9,13-14,16H,5-7,10-11H2,1-3H3,(H,27,30). The fraction of sp³-hybridized carbons (Fsp3) is 0.522. The number of aryl methyl sites for hydroxylation is 1. The zero-order chi connectivity index (χ0) is 22.6. The van der Waals surface area contributed by atoms with Crippen molar-refractivity contribution in [2.24, 2.45) is 11.8 Å². The van der Waals surface area contributed by atoms with E-state index in [-0.39, 0.29) is 28.8 Å². The van der Waals surface area contributed by atoms with Crippen LogP contribution in [0.4, 0.5) is 20.4 Å². The predicted octanol–water partition coefficient (Wildman–Crippen LogP) is 3.72. The Hall–Kier alpha value is -2.81. The van der Waals surface area contributed by atoms with Gasteiger partial charge in [-0.1, -0.05) is 0 Å². The molecule has 2 aromatic rings. The highest BCUT2D eigenvalue weighted by Gasteiger charge is 2.47. The van der Waals surface area contributed by atoms with Crippen molar-refractivity contribution in [2.45, 2.75) is 44.8 Å². The summed E-state index contributed by atoms with van der Waals surface area (Å²) in [4.78, 5) is 23.4. The van der Waals surface area contributed by atoms with E-state index in [0.29, 0.717) is 36.6 Å². The molecule has 0 radical (unpaired) electrons. The number of nitrogens with one attached hydrogen (secondary N) is 1. The Labute approximate surface area is 185 Å². The Morgan fingerprint density at radius 1 is 1.12 bits per heavy atom. The molecule has 1 saturated heterocycles. The minimum Gasteiger partial charge on any atom is -0.484 e. The Balaban J connectivity index is 1.28. The first-order valence-electron chi connectivity index (χ1n) is 10.9. The molecular formula is C23H26F2N4O3. The molecule has 2 aliphatic carbocycles. The minimum absolute atomic E-state index is 0.000317. The van der Waals surface area contributed by atoms with E-state index in [1.807, 2.05) is 11.8 Å².